The van der Waals surface area contributed by atoms with Crippen LogP contribution in [0.2, 0.25) is 5.02 Å². The van der Waals surface area contributed by atoms with Crippen molar-refractivity contribution in [1.29, 1.82) is 0 Å². The first-order valence-corrected chi connectivity index (χ1v) is 20.2. The third kappa shape index (κ3) is 5.85. The Balaban J connectivity index is 1.20. The smallest absolute Gasteiger partial charge is 0.347 e. The monoisotopic (exact) mass is 844 g/mol. The van der Waals surface area contributed by atoms with Crippen molar-refractivity contribution in [2.75, 3.05) is 25.7 Å². The molecule has 1 saturated carbocycles. The number of phenolic OH excluding ortho intramolecular Hbond substituents is 1. The highest BCUT2D eigenvalue weighted by atomic mass is 35.5. The first kappa shape index (κ1) is 39.6. The molecule has 2 aromatic heterocycles. The van der Waals surface area contributed by atoms with E-state index in [-0.39, 0.29) is 55.4 Å². The number of allylic oxidation sites excluding steroid dienone is 2. The van der Waals surface area contributed by atoms with Gasteiger partial charge in [0.1, 0.15) is 5.69 Å². The van der Waals surface area contributed by atoms with Gasteiger partial charge in [-0.3, -0.25) is 14.4 Å². The molecule has 0 radical (unpaired) electrons. The lowest BCUT2D eigenvalue weighted by Crippen LogP contribution is -2.53. The van der Waals surface area contributed by atoms with Gasteiger partial charge in [-0.2, -0.15) is 0 Å². The number of aromatic hydroxyl groups is 1. The van der Waals surface area contributed by atoms with Crippen molar-refractivity contribution in [1.82, 2.24) is 23.5 Å². The minimum Gasteiger partial charge on any atom is -0.504 e. The van der Waals surface area contributed by atoms with E-state index in [1.807, 2.05) is 12.1 Å². The minimum absolute atomic E-state index is 0.0355. The van der Waals surface area contributed by atoms with Crippen molar-refractivity contribution in [2.45, 2.75) is 50.2 Å². The number of carbonyl (C=O) groups is 2. The van der Waals surface area contributed by atoms with Crippen LogP contribution in [0.5, 0.6) is 23.0 Å². The molecule has 4 heterocycles. The molecule has 9 rings (SSSR count). The summed E-state index contributed by atoms with van der Waals surface area (Å²) in [6.45, 7) is 1.81. The number of fused-ring (bicyclic) bond motifs is 5. The molecule has 15 nitrogen and oxygen atoms in total. The zero-order valence-electron chi connectivity index (χ0n) is 33.7. The van der Waals surface area contributed by atoms with Crippen molar-refractivity contribution in [3.05, 3.63) is 150 Å². The molecular weight excluding hydrogens is 804 g/mol. The maximum absolute atomic E-state index is 15.5. The summed E-state index contributed by atoms with van der Waals surface area (Å²) < 4.78 is 21.9. The Kier molecular flexibility index (Phi) is 9.73. The first-order valence-electron chi connectivity index (χ1n) is 19.8. The Bertz CT molecular complexity index is 3010. The molecule has 4 atom stereocenters. The van der Waals surface area contributed by atoms with Crippen LogP contribution in [0, 0.1) is 5.92 Å². The van der Waals surface area contributed by atoms with Crippen LogP contribution in [-0.2, 0) is 41.6 Å². The van der Waals surface area contributed by atoms with Crippen LogP contribution in [-0.4, -0.2) is 61.2 Å². The largest absolute Gasteiger partial charge is 0.504 e. The molecule has 16 heteroatoms. The summed E-state index contributed by atoms with van der Waals surface area (Å²) in [6, 6.07) is 23.0. The van der Waals surface area contributed by atoms with Crippen LogP contribution < -0.4 is 36.0 Å². The van der Waals surface area contributed by atoms with Crippen molar-refractivity contribution < 1.29 is 28.9 Å². The maximum atomic E-state index is 15.5. The molecule has 3 aliphatic rings. The fourth-order valence-electron chi connectivity index (χ4n) is 9.72. The predicted molar refractivity (Wildman–Crippen MR) is 226 cm³/mol. The standard InChI is InChI=1S/C45H41ClN6O9/c1-5-61-35-16-10-15-29(39(35)53)38-28-17-20-50-43(57)49(19-18-31-41(55)48(2)34-24-37(60-4)36(59-3)23-32(34)47-31)44(58)52(50)33(28)22-30-40(54)51(27-14-9-13-26(46)21-27)42(56)45(30,38)25-11-7-6-8-12-25/h6-17,21,23-24,30,33,38,53H,5,18-20,22H2,1-4H3. The third-order valence-electron chi connectivity index (χ3n) is 12.4. The van der Waals surface area contributed by atoms with E-state index in [1.165, 1.54) is 28.2 Å². The summed E-state index contributed by atoms with van der Waals surface area (Å²) in [5.41, 5.74) is -0.485. The Hall–Kier alpha value is -6.87. The molecule has 2 amide bonds. The van der Waals surface area contributed by atoms with Crippen LogP contribution in [0.25, 0.3) is 11.0 Å². The number of phenols is 1. The third-order valence-corrected chi connectivity index (χ3v) is 12.6. The number of carbonyl (C=O) groups excluding carboxylic acids is 2. The van der Waals surface area contributed by atoms with Gasteiger partial charge in [0.15, 0.2) is 23.0 Å². The number of anilines is 1. The van der Waals surface area contributed by atoms with Crippen molar-refractivity contribution >= 4 is 40.1 Å². The molecule has 1 saturated heterocycles. The normalized spacial score (nSPS) is 20.6. The van der Waals surface area contributed by atoms with Crippen LogP contribution in [0.1, 0.15) is 42.1 Å². The van der Waals surface area contributed by atoms with Gasteiger partial charge in [-0.1, -0.05) is 66.2 Å². The Morgan fingerprint density at radius 2 is 1.62 bits per heavy atom. The van der Waals surface area contributed by atoms with Gasteiger partial charge in [0.05, 0.1) is 61.5 Å². The molecule has 0 spiro atoms. The second kappa shape index (κ2) is 15.0. The van der Waals surface area contributed by atoms with Gasteiger partial charge < -0.3 is 23.9 Å². The quantitative estimate of drug-likeness (QED) is 0.148. The van der Waals surface area contributed by atoms with Crippen LogP contribution in [0.4, 0.5) is 5.69 Å². The minimum atomic E-state index is -1.62. The highest BCUT2D eigenvalue weighted by molar-refractivity contribution is 6.32. The molecule has 4 aromatic carbocycles. The predicted octanol–water partition coefficient (Wildman–Crippen LogP) is 4.87. The van der Waals surface area contributed by atoms with Crippen LogP contribution >= 0.6 is 11.6 Å². The molecule has 2 aliphatic heterocycles. The van der Waals surface area contributed by atoms with E-state index in [0.29, 0.717) is 44.3 Å². The van der Waals surface area contributed by atoms with E-state index in [1.54, 1.807) is 92.8 Å². The molecule has 1 N–H and O–H groups in total. The number of rotatable bonds is 10. The molecule has 2 fully saturated rings. The number of para-hydroxylation sites is 1. The number of nitrogens with zero attached hydrogens (tertiary/aromatic N) is 6. The average molecular weight is 845 g/mol. The summed E-state index contributed by atoms with van der Waals surface area (Å²) in [4.78, 5) is 78.8. The molecule has 312 valence electrons. The van der Waals surface area contributed by atoms with E-state index in [0.717, 1.165) is 9.47 Å². The first-order chi connectivity index (χ1) is 29.5. The van der Waals surface area contributed by atoms with E-state index < -0.39 is 52.0 Å². The number of aromatic nitrogens is 5. The molecule has 6 aromatic rings. The van der Waals surface area contributed by atoms with E-state index in [2.05, 4.69) is 4.98 Å². The number of amides is 2. The number of halogens is 1. The lowest BCUT2D eigenvalue weighted by atomic mass is 9.53. The summed E-state index contributed by atoms with van der Waals surface area (Å²) in [6.07, 6.45) is 1.73. The van der Waals surface area contributed by atoms with Gasteiger partial charge >= 0.3 is 11.4 Å². The summed E-state index contributed by atoms with van der Waals surface area (Å²) in [7, 11) is 4.59. The molecule has 61 heavy (non-hydrogen) atoms. The number of hydrogen-bond acceptors (Lipinski definition) is 10. The van der Waals surface area contributed by atoms with Gasteiger partial charge in [0.2, 0.25) is 11.8 Å². The molecular formula is C45H41ClN6O9. The molecule has 1 aliphatic carbocycles. The van der Waals surface area contributed by atoms with Gasteiger partial charge in [-0.15, -0.1) is 0 Å². The van der Waals surface area contributed by atoms with Crippen LogP contribution in [0.15, 0.2) is 111 Å². The maximum Gasteiger partial charge on any atom is 0.347 e. The summed E-state index contributed by atoms with van der Waals surface area (Å²) >= 11 is 6.43. The van der Waals surface area contributed by atoms with Crippen molar-refractivity contribution in [3.63, 3.8) is 0 Å². The highest BCUT2D eigenvalue weighted by Gasteiger charge is 2.69. The second-order valence-corrected chi connectivity index (χ2v) is 15.7. The molecule has 0 bridgehead atoms. The van der Waals surface area contributed by atoms with Crippen molar-refractivity contribution in [2.24, 2.45) is 13.0 Å². The van der Waals surface area contributed by atoms with Crippen molar-refractivity contribution in [3.8, 4) is 23.0 Å². The number of methoxy groups -OCH3 is 2. The Labute approximate surface area is 353 Å². The van der Waals surface area contributed by atoms with E-state index in [9.17, 15) is 19.5 Å². The van der Waals surface area contributed by atoms with Crippen LogP contribution in [0.3, 0.4) is 0 Å². The Morgan fingerprint density at radius 3 is 2.34 bits per heavy atom. The lowest BCUT2D eigenvalue weighted by Gasteiger charge is -2.49. The lowest BCUT2D eigenvalue weighted by molar-refractivity contribution is -0.124. The second-order valence-electron chi connectivity index (χ2n) is 15.3. The zero-order valence-corrected chi connectivity index (χ0v) is 34.5. The fourth-order valence-corrected chi connectivity index (χ4v) is 9.91. The number of aryl methyl sites for hydroxylation is 2. The number of hydrogen-bond donors (Lipinski definition) is 1. The van der Waals surface area contributed by atoms with E-state index in [4.69, 9.17) is 25.8 Å². The SMILES string of the molecule is CCOc1cccc(C2C3=CCn4c(=O)n(CCc5nc6cc(OC)c(OC)cc6n(C)c5=O)c(=O)n4C3CC3C(=O)N(c4cccc(Cl)c4)C(=O)C32c2ccccc2)c1O. The van der Waals surface area contributed by atoms with E-state index >= 15 is 9.59 Å². The van der Waals surface area contributed by atoms with Gasteiger partial charge in [0.25, 0.3) is 5.56 Å². The number of benzene rings is 4. The summed E-state index contributed by atoms with van der Waals surface area (Å²) in [5.74, 6) is -2.30. The number of ether oxygens (including phenoxy) is 3. The average Bonchev–Trinajstić information content (AvgIpc) is 3.65. The fraction of sp³-hybridized carbons (Fsp3) is 0.289. The number of imide groups is 1. The van der Waals surface area contributed by atoms with Gasteiger partial charge in [-0.25, -0.2) is 33.4 Å². The topological polar surface area (TPSA) is 169 Å². The Morgan fingerprint density at radius 1 is 0.885 bits per heavy atom. The highest BCUT2D eigenvalue weighted by Crippen LogP contribution is 2.63. The van der Waals surface area contributed by atoms with Gasteiger partial charge in [0, 0.05) is 48.6 Å². The summed E-state index contributed by atoms with van der Waals surface area (Å²) in [5, 5.41) is 12.3. The zero-order chi connectivity index (χ0) is 42.9. The molecule has 4 unspecified atom stereocenters. The van der Waals surface area contributed by atoms with Gasteiger partial charge in [-0.05, 0) is 48.7 Å².